The van der Waals surface area contributed by atoms with Crippen LogP contribution < -0.4 is 4.90 Å². The van der Waals surface area contributed by atoms with E-state index in [1.54, 1.807) is 50.2 Å². The van der Waals surface area contributed by atoms with E-state index in [2.05, 4.69) is 0 Å². The summed E-state index contributed by atoms with van der Waals surface area (Å²) in [6.45, 7) is 3.49. The van der Waals surface area contributed by atoms with Crippen molar-refractivity contribution in [1.29, 1.82) is 0 Å². The number of amides is 1. The molecular weight excluding hydrogens is 294 g/mol. The van der Waals surface area contributed by atoms with Crippen molar-refractivity contribution in [3.63, 3.8) is 0 Å². The predicted molar refractivity (Wildman–Crippen MR) is 85.1 cm³/mol. The molecule has 1 atom stereocenters. The third-order valence-electron chi connectivity index (χ3n) is 3.89. The van der Waals surface area contributed by atoms with Gasteiger partial charge in [0.1, 0.15) is 17.6 Å². The lowest BCUT2D eigenvalue weighted by molar-refractivity contribution is -0.118. The lowest BCUT2D eigenvalue weighted by atomic mass is 9.99. The SMILES string of the molecule is CCC(=O)C1=C(O)C(=O)N(c2ccccc2)C1c1ccc(C)o1. The normalized spacial score (nSPS) is 17.9. The molecule has 2 heterocycles. The van der Waals surface area contributed by atoms with Crippen LogP contribution in [0.15, 0.2) is 58.2 Å². The van der Waals surface area contributed by atoms with Gasteiger partial charge >= 0.3 is 0 Å². The van der Waals surface area contributed by atoms with E-state index >= 15 is 0 Å². The van der Waals surface area contributed by atoms with Gasteiger partial charge in [0.05, 0.1) is 5.57 Å². The van der Waals surface area contributed by atoms with Crippen LogP contribution in [0.2, 0.25) is 0 Å². The second-order valence-corrected chi connectivity index (χ2v) is 5.40. The summed E-state index contributed by atoms with van der Waals surface area (Å²) in [6.07, 6.45) is 0.200. The van der Waals surface area contributed by atoms with Crippen LogP contribution in [0.5, 0.6) is 0 Å². The van der Waals surface area contributed by atoms with E-state index in [-0.39, 0.29) is 17.8 Å². The molecule has 5 heteroatoms. The van der Waals surface area contributed by atoms with Gasteiger partial charge in [-0.1, -0.05) is 25.1 Å². The number of furan rings is 1. The minimum absolute atomic E-state index is 0.0932. The molecule has 1 aliphatic rings. The molecule has 1 N–H and O–H groups in total. The smallest absolute Gasteiger partial charge is 0.294 e. The number of ketones is 1. The van der Waals surface area contributed by atoms with Gasteiger partial charge in [0.2, 0.25) is 0 Å². The van der Waals surface area contributed by atoms with E-state index in [1.165, 1.54) is 4.90 Å². The first kappa shape index (κ1) is 15.1. The summed E-state index contributed by atoms with van der Waals surface area (Å²) < 4.78 is 5.65. The molecule has 1 unspecified atom stereocenters. The summed E-state index contributed by atoms with van der Waals surface area (Å²) in [5.41, 5.74) is 0.692. The summed E-state index contributed by atoms with van der Waals surface area (Å²) in [7, 11) is 0. The molecule has 1 aliphatic heterocycles. The molecule has 1 amide bonds. The first-order valence-corrected chi connectivity index (χ1v) is 7.45. The number of para-hydroxylation sites is 1. The van der Waals surface area contributed by atoms with Crippen LogP contribution >= 0.6 is 0 Å². The van der Waals surface area contributed by atoms with E-state index in [0.29, 0.717) is 17.2 Å². The molecule has 0 saturated heterocycles. The molecule has 1 aromatic heterocycles. The van der Waals surface area contributed by atoms with Crippen molar-refractivity contribution in [3.8, 4) is 0 Å². The van der Waals surface area contributed by atoms with Crippen molar-refractivity contribution in [1.82, 2.24) is 0 Å². The van der Waals surface area contributed by atoms with Crippen LogP contribution in [0.25, 0.3) is 0 Å². The Bertz CT molecular complexity index is 788. The molecule has 2 aromatic rings. The largest absolute Gasteiger partial charge is 0.503 e. The van der Waals surface area contributed by atoms with Gasteiger partial charge in [-0.2, -0.15) is 0 Å². The van der Waals surface area contributed by atoms with Crippen molar-refractivity contribution >= 4 is 17.4 Å². The van der Waals surface area contributed by atoms with E-state index < -0.39 is 17.7 Å². The molecule has 3 rings (SSSR count). The third kappa shape index (κ3) is 2.44. The van der Waals surface area contributed by atoms with Crippen LogP contribution in [0.3, 0.4) is 0 Å². The lowest BCUT2D eigenvalue weighted by Crippen LogP contribution is -2.30. The zero-order chi connectivity index (χ0) is 16.6. The number of hydrogen-bond acceptors (Lipinski definition) is 4. The highest BCUT2D eigenvalue weighted by molar-refractivity contribution is 6.16. The Morgan fingerprint density at radius 3 is 2.48 bits per heavy atom. The number of benzene rings is 1. The molecule has 118 valence electrons. The van der Waals surface area contributed by atoms with Crippen molar-refractivity contribution in [2.24, 2.45) is 0 Å². The number of carbonyl (C=O) groups is 2. The fraction of sp³-hybridized carbons (Fsp3) is 0.222. The molecular formula is C18H17NO4. The highest BCUT2D eigenvalue weighted by atomic mass is 16.3. The van der Waals surface area contributed by atoms with Gasteiger partial charge in [0.25, 0.3) is 5.91 Å². The summed E-state index contributed by atoms with van der Waals surface area (Å²) >= 11 is 0. The van der Waals surface area contributed by atoms with E-state index in [0.717, 1.165) is 0 Å². The van der Waals surface area contributed by atoms with Gasteiger partial charge in [0, 0.05) is 12.1 Å². The second kappa shape index (κ2) is 5.76. The summed E-state index contributed by atoms with van der Waals surface area (Å²) in [5.74, 6) is -0.226. The summed E-state index contributed by atoms with van der Waals surface area (Å²) in [6, 6.07) is 11.7. The third-order valence-corrected chi connectivity index (χ3v) is 3.89. The Morgan fingerprint density at radius 1 is 1.22 bits per heavy atom. The first-order chi connectivity index (χ1) is 11.0. The van der Waals surface area contributed by atoms with Crippen molar-refractivity contribution < 1.29 is 19.1 Å². The minimum Gasteiger partial charge on any atom is -0.503 e. The number of carbonyl (C=O) groups excluding carboxylic acids is 2. The average molecular weight is 311 g/mol. The Kier molecular flexibility index (Phi) is 3.78. The minimum atomic E-state index is -0.744. The number of hydrogen-bond donors (Lipinski definition) is 1. The summed E-state index contributed by atoms with van der Waals surface area (Å²) in [4.78, 5) is 26.2. The molecule has 0 radical (unpaired) electrons. The van der Waals surface area contributed by atoms with Crippen LogP contribution in [0, 0.1) is 6.92 Å². The highest BCUT2D eigenvalue weighted by Crippen LogP contribution is 2.41. The van der Waals surface area contributed by atoms with Crippen LogP contribution in [-0.2, 0) is 9.59 Å². The molecule has 0 fully saturated rings. The maximum Gasteiger partial charge on any atom is 0.294 e. The Labute approximate surface area is 133 Å². The Morgan fingerprint density at radius 2 is 1.91 bits per heavy atom. The summed E-state index contributed by atoms with van der Waals surface area (Å²) in [5, 5.41) is 10.3. The van der Waals surface area contributed by atoms with Crippen LogP contribution in [-0.4, -0.2) is 16.8 Å². The molecule has 23 heavy (non-hydrogen) atoms. The number of nitrogens with zero attached hydrogens (tertiary/aromatic N) is 1. The van der Waals surface area contributed by atoms with Gasteiger partial charge in [-0.05, 0) is 31.2 Å². The van der Waals surface area contributed by atoms with Crippen molar-refractivity contribution in [2.75, 3.05) is 4.90 Å². The van der Waals surface area contributed by atoms with E-state index in [1.807, 2.05) is 6.07 Å². The number of rotatable bonds is 4. The van der Waals surface area contributed by atoms with E-state index in [9.17, 15) is 14.7 Å². The topological polar surface area (TPSA) is 70.8 Å². The lowest BCUT2D eigenvalue weighted by Gasteiger charge is -2.24. The van der Waals surface area contributed by atoms with E-state index in [4.69, 9.17) is 4.42 Å². The van der Waals surface area contributed by atoms with Gasteiger partial charge in [-0.15, -0.1) is 0 Å². The Balaban J connectivity index is 2.17. The highest BCUT2D eigenvalue weighted by Gasteiger charge is 2.45. The Hall–Kier alpha value is -2.82. The zero-order valence-corrected chi connectivity index (χ0v) is 12.9. The molecule has 0 bridgehead atoms. The number of aryl methyl sites for hydroxylation is 1. The predicted octanol–water partition coefficient (Wildman–Crippen LogP) is 3.47. The number of anilines is 1. The van der Waals surface area contributed by atoms with Gasteiger partial charge in [0.15, 0.2) is 11.5 Å². The van der Waals surface area contributed by atoms with Crippen LogP contribution in [0.4, 0.5) is 5.69 Å². The molecule has 0 saturated carbocycles. The zero-order valence-electron chi connectivity index (χ0n) is 12.9. The quantitative estimate of drug-likeness (QED) is 0.938. The fourth-order valence-corrected chi connectivity index (χ4v) is 2.80. The maximum absolute atomic E-state index is 12.6. The molecule has 0 spiro atoms. The van der Waals surface area contributed by atoms with Gasteiger partial charge < -0.3 is 9.52 Å². The van der Waals surface area contributed by atoms with Gasteiger partial charge in [-0.3, -0.25) is 14.5 Å². The second-order valence-electron chi connectivity index (χ2n) is 5.40. The van der Waals surface area contributed by atoms with Crippen LogP contribution in [0.1, 0.15) is 30.9 Å². The van der Waals surface area contributed by atoms with Crippen molar-refractivity contribution in [3.05, 3.63) is 65.3 Å². The number of aliphatic hydroxyl groups is 1. The first-order valence-electron chi connectivity index (χ1n) is 7.45. The van der Waals surface area contributed by atoms with Crippen molar-refractivity contribution in [2.45, 2.75) is 26.3 Å². The van der Waals surface area contributed by atoms with Gasteiger partial charge in [-0.25, -0.2) is 0 Å². The number of aliphatic hydroxyl groups excluding tert-OH is 1. The molecule has 1 aromatic carbocycles. The average Bonchev–Trinajstić information content (AvgIpc) is 3.10. The maximum atomic E-state index is 12.6. The monoisotopic (exact) mass is 311 g/mol. The fourth-order valence-electron chi connectivity index (χ4n) is 2.80. The molecule has 5 nitrogen and oxygen atoms in total. The number of Topliss-reactive ketones (excluding diaryl/α,β-unsaturated/α-hetero) is 1. The molecule has 0 aliphatic carbocycles. The standard InChI is InChI=1S/C18H17NO4/c1-3-13(20)15-16(14-10-9-11(2)23-14)19(18(22)17(15)21)12-7-5-4-6-8-12/h4-10,16,21H,3H2,1-2H3.